The van der Waals surface area contributed by atoms with Crippen molar-refractivity contribution in [3.05, 3.63) is 64.9 Å². The molecule has 4 nitrogen and oxygen atoms in total. The summed E-state index contributed by atoms with van der Waals surface area (Å²) in [5.74, 6) is 0.290. The van der Waals surface area contributed by atoms with Crippen molar-refractivity contribution in [1.29, 1.82) is 0 Å². The number of nitrogens with zero attached hydrogens (tertiary/aromatic N) is 2. The summed E-state index contributed by atoms with van der Waals surface area (Å²) in [6.07, 6.45) is 0. The number of aliphatic imine (C=N–C) groups is 1. The zero-order valence-corrected chi connectivity index (χ0v) is 16.1. The van der Waals surface area contributed by atoms with Crippen LogP contribution < -0.4 is 4.90 Å². The van der Waals surface area contributed by atoms with E-state index in [4.69, 9.17) is 11.6 Å². The highest BCUT2D eigenvalue weighted by atomic mass is 35.5. The third-order valence-electron chi connectivity index (χ3n) is 4.50. The lowest BCUT2D eigenvalue weighted by Crippen LogP contribution is -2.39. The van der Waals surface area contributed by atoms with Crippen LogP contribution in [0, 0.1) is 5.82 Å². The summed E-state index contributed by atoms with van der Waals surface area (Å²) in [6.45, 7) is 0. The van der Waals surface area contributed by atoms with E-state index in [9.17, 15) is 12.8 Å². The van der Waals surface area contributed by atoms with Crippen molar-refractivity contribution < 1.29 is 12.8 Å². The second-order valence-electron chi connectivity index (χ2n) is 6.36. The largest absolute Gasteiger partial charge is 0.312 e. The number of amidine groups is 1. The average Bonchev–Trinajstić information content (AvgIpc) is 3.06. The van der Waals surface area contributed by atoms with E-state index in [1.54, 1.807) is 23.1 Å². The molecule has 2 aromatic rings. The van der Waals surface area contributed by atoms with E-state index in [1.165, 1.54) is 17.8 Å². The second kappa shape index (κ2) is 6.87. The molecule has 26 heavy (non-hydrogen) atoms. The van der Waals surface area contributed by atoms with Gasteiger partial charge in [-0.05, 0) is 29.8 Å². The van der Waals surface area contributed by atoms with Gasteiger partial charge in [-0.15, -0.1) is 0 Å². The van der Waals surface area contributed by atoms with Gasteiger partial charge in [0.05, 0.1) is 29.3 Å². The number of halogens is 2. The summed E-state index contributed by atoms with van der Waals surface area (Å²) in [5, 5.41) is 1.33. The first-order valence-electron chi connectivity index (χ1n) is 8.12. The number of benzene rings is 2. The molecule has 1 fully saturated rings. The van der Waals surface area contributed by atoms with Gasteiger partial charge >= 0.3 is 0 Å². The molecule has 2 aliphatic heterocycles. The van der Waals surface area contributed by atoms with E-state index in [-0.39, 0.29) is 29.4 Å². The predicted molar refractivity (Wildman–Crippen MR) is 105 cm³/mol. The maximum absolute atomic E-state index is 14.4. The van der Waals surface area contributed by atoms with Gasteiger partial charge in [-0.2, -0.15) is 0 Å². The molecule has 0 unspecified atom stereocenters. The van der Waals surface area contributed by atoms with Crippen molar-refractivity contribution in [2.24, 2.45) is 4.99 Å². The molecular formula is C18H16ClFN2O2S2. The molecule has 136 valence electrons. The van der Waals surface area contributed by atoms with Crippen molar-refractivity contribution in [2.45, 2.75) is 17.8 Å². The van der Waals surface area contributed by atoms with Gasteiger partial charge in [0.15, 0.2) is 15.0 Å². The Morgan fingerprint density at radius 1 is 1.15 bits per heavy atom. The Bertz CT molecular complexity index is 963. The van der Waals surface area contributed by atoms with Crippen LogP contribution in [0.15, 0.2) is 53.5 Å². The lowest BCUT2D eigenvalue weighted by Gasteiger charge is -2.26. The normalized spacial score (nSPS) is 23.8. The lowest BCUT2D eigenvalue weighted by atomic mass is 10.1. The molecule has 0 N–H and O–H groups in total. The number of thioether (sulfide) groups is 1. The van der Waals surface area contributed by atoms with Crippen LogP contribution in [-0.2, 0) is 15.6 Å². The molecule has 0 radical (unpaired) electrons. The number of rotatable bonds is 3. The number of hydrogen-bond acceptors (Lipinski definition) is 5. The first kappa shape index (κ1) is 17.8. The summed E-state index contributed by atoms with van der Waals surface area (Å²) < 4.78 is 38.4. The van der Waals surface area contributed by atoms with E-state index >= 15 is 0 Å². The van der Waals surface area contributed by atoms with Crippen LogP contribution in [0.2, 0.25) is 5.02 Å². The van der Waals surface area contributed by atoms with Gasteiger partial charge in [0.2, 0.25) is 0 Å². The molecule has 2 atom stereocenters. The Kier molecular flexibility index (Phi) is 4.71. The van der Waals surface area contributed by atoms with Crippen LogP contribution in [-0.4, -0.2) is 37.2 Å². The van der Waals surface area contributed by atoms with Crippen molar-refractivity contribution in [3.8, 4) is 0 Å². The maximum atomic E-state index is 14.4. The smallest absolute Gasteiger partial charge is 0.164 e. The number of fused-ring (bicyclic) bond motifs is 1. The fourth-order valence-electron chi connectivity index (χ4n) is 3.29. The summed E-state index contributed by atoms with van der Waals surface area (Å²) >= 11 is 7.40. The van der Waals surface area contributed by atoms with Gasteiger partial charge in [-0.3, -0.25) is 4.99 Å². The molecule has 2 aromatic carbocycles. The molecule has 0 bridgehead atoms. The van der Waals surface area contributed by atoms with Crippen LogP contribution in [0.1, 0.15) is 5.56 Å². The molecule has 2 aliphatic rings. The van der Waals surface area contributed by atoms with Crippen molar-refractivity contribution in [3.63, 3.8) is 0 Å². The lowest BCUT2D eigenvalue weighted by molar-refractivity contribution is 0.600. The van der Waals surface area contributed by atoms with Crippen molar-refractivity contribution in [1.82, 2.24) is 0 Å². The van der Waals surface area contributed by atoms with Crippen LogP contribution >= 0.6 is 23.4 Å². The molecular weight excluding hydrogens is 395 g/mol. The Labute approximate surface area is 161 Å². The highest BCUT2D eigenvalue weighted by molar-refractivity contribution is 8.13. The molecule has 8 heteroatoms. The minimum atomic E-state index is -3.15. The quantitative estimate of drug-likeness (QED) is 0.773. The third kappa shape index (κ3) is 3.48. The first-order chi connectivity index (χ1) is 12.4. The van der Waals surface area contributed by atoms with Gasteiger partial charge in [-0.25, -0.2) is 12.8 Å². The summed E-state index contributed by atoms with van der Waals surface area (Å²) in [6, 6.07) is 13.2. The fourth-order valence-corrected chi connectivity index (χ4v) is 6.33. The van der Waals surface area contributed by atoms with Gasteiger partial charge in [0, 0.05) is 10.8 Å². The SMILES string of the molecule is O=S1(=O)C[C@@H]2[C@@H](C1)N=C(SCc1ccc(Cl)cc1)N2c1ccccc1F. The van der Waals surface area contributed by atoms with E-state index in [2.05, 4.69) is 4.99 Å². The van der Waals surface area contributed by atoms with Crippen LogP contribution in [0.5, 0.6) is 0 Å². The standard InChI is InChI=1S/C18H16ClFN2O2S2/c19-13-7-5-12(6-8-13)9-25-18-21-15-10-26(23,24)11-17(15)22(18)16-4-2-1-3-14(16)20/h1-8,15,17H,9-11H2/t15-,17-/m1/s1. The zero-order valence-electron chi connectivity index (χ0n) is 13.7. The molecule has 0 spiro atoms. The summed E-state index contributed by atoms with van der Waals surface area (Å²) in [7, 11) is -3.15. The predicted octanol–water partition coefficient (Wildman–Crippen LogP) is 3.75. The highest BCUT2D eigenvalue weighted by Gasteiger charge is 2.47. The number of para-hydroxylation sites is 1. The average molecular weight is 411 g/mol. The van der Waals surface area contributed by atoms with Gasteiger partial charge in [-0.1, -0.05) is 47.6 Å². The topological polar surface area (TPSA) is 49.7 Å². The first-order valence-corrected chi connectivity index (χ1v) is 11.3. The zero-order chi connectivity index (χ0) is 18.3. The van der Waals surface area contributed by atoms with Crippen LogP contribution in [0.25, 0.3) is 0 Å². The highest BCUT2D eigenvalue weighted by Crippen LogP contribution is 2.36. The Balaban J connectivity index is 1.63. The van der Waals surface area contributed by atoms with Crippen LogP contribution in [0.3, 0.4) is 0 Å². The van der Waals surface area contributed by atoms with Crippen LogP contribution in [0.4, 0.5) is 10.1 Å². The number of sulfone groups is 1. The second-order valence-corrected chi connectivity index (χ2v) is 9.89. The van der Waals surface area contributed by atoms with Gasteiger partial charge in [0.25, 0.3) is 0 Å². The van der Waals surface area contributed by atoms with E-state index in [0.29, 0.717) is 21.6 Å². The molecule has 2 heterocycles. The maximum Gasteiger partial charge on any atom is 0.164 e. The van der Waals surface area contributed by atoms with E-state index in [0.717, 1.165) is 5.56 Å². The minimum absolute atomic E-state index is 0.000502. The molecule has 0 aromatic heterocycles. The van der Waals surface area contributed by atoms with E-state index < -0.39 is 9.84 Å². The molecule has 0 saturated carbocycles. The Morgan fingerprint density at radius 3 is 2.62 bits per heavy atom. The molecule has 4 rings (SSSR count). The summed E-state index contributed by atoms with van der Waals surface area (Å²) in [5.41, 5.74) is 1.44. The fraction of sp³-hybridized carbons (Fsp3) is 0.278. The van der Waals surface area contributed by atoms with Crippen molar-refractivity contribution >= 4 is 44.1 Å². The molecule has 0 amide bonds. The third-order valence-corrected chi connectivity index (χ3v) is 7.49. The molecule has 0 aliphatic carbocycles. The van der Waals surface area contributed by atoms with Crippen molar-refractivity contribution in [2.75, 3.05) is 16.4 Å². The Morgan fingerprint density at radius 2 is 1.88 bits per heavy atom. The van der Waals surface area contributed by atoms with E-state index in [1.807, 2.05) is 24.3 Å². The number of hydrogen-bond donors (Lipinski definition) is 0. The Hall–Kier alpha value is -1.57. The molecule has 1 saturated heterocycles. The minimum Gasteiger partial charge on any atom is -0.312 e. The van der Waals surface area contributed by atoms with Gasteiger partial charge < -0.3 is 4.90 Å². The summed E-state index contributed by atoms with van der Waals surface area (Å²) in [4.78, 5) is 6.37. The van der Waals surface area contributed by atoms with Gasteiger partial charge in [0.1, 0.15) is 5.82 Å². The monoisotopic (exact) mass is 410 g/mol. The number of anilines is 1.